The van der Waals surface area contributed by atoms with Crippen molar-refractivity contribution in [3.8, 4) is 6.07 Å². The molecule has 6 heteroatoms. The number of fused-ring (bicyclic) bond motifs is 1. The summed E-state index contributed by atoms with van der Waals surface area (Å²) in [5.41, 5.74) is 3.94. The van der Waals surface area contributed by atoms with Crippen LogP contribution in [0.1, 0.15) is 21.5 Å². The summed E-state index contributed by atoms with van der Waals surface area (Å²) in [5.74, 6) is 0.348. The van der Waals surface area contributed by atoms with Gasteiger partial charge in [0.15, 0.2) is 0 Å². The highest BCUT2D eigenvalue weighted by Crippen LogP contribution is 2.20. The van der Waals surface area contributed by atoms with Crippen molar-refractivity contribution in [1.29, 1.82) is 5.26 Å². The Kier molecular flexibility index (Phi) is 5.21. The van der Waals surface area contributed by atoms with Crippen molar-refractivity contribution in [2.24, 2.45) is 0 Å². The molecular formula is C23H19N5O. The normalized spacial score (nSPS) is 10.4. The number of hydrogen-bond donors (Lipinski definition) is 3. The molecule has 2 aromatic heterocycles. The van der Waals surface area contributed by atoms with Crippen molar-refractivity contribution in [2.45, 2.75) is 6.42 Å². The minimum Gasteiger partial charge on any atom is -0.361 e. The fourth-order valence-corrected chi connectivity index (χ4v) is 3.22. The summed E-state index contributed by atoms with van der Waals surface area (Å²) >= 11 is 0. The second-order valence-electron chi connectivity index (χ2n) is 6.58. The van der Waals surface area contributed by atoms with E-state index in [9.17, 15) is 10.1 Å². The predicted molar refractivity (Wildman–Crippen MR) is 113 cm³/mol. The molecule has 2 aromatic carbocycles. The number of nitriles is 1. The van der Waals surface area contributed by atoms with E-state index in [1.807, 2.05) is 30.5 Å². The number of H-pyrrole nitrogens is 1. The lowest BCUT2D eigenvalue weighted by atomic mass is 10.1. The van der Waals surface area contributed by atoms with E-state index in [0.717, 1.165) is 11.9 Å². The lowest BCUT2D eigenvalue weighted by Gasteiger charge is -2.09. The van der Waals surface area contributed by atoms with E-state index in [4.69, 9.17) is 0 Å². The second kappa shape index (κ2) is 8.28. The number of carbonyl (C=O) groups excluding carboxylic acids is 1. The van der Waals surface area contributed by atoms with E-state index in [1.54, 1.807) is 36.5 Å². The van der Waals surface area contributed by atoms with Crippen LogP contribution in [0.3, 0.4) is 0 Å². The molecule has 142 valence electrons. The van der Waals surface area contributed by atoms with Crippen molar-refractivity contribution in [1.82, 2.24) is 15.3 Å². The van der Waals surface area contributed by atoms with Crippen LogP contribution in [0.25, 0.3) is 10.9 Å². The van der Waals surface area contributed by atoms with Crippen LogP contribution in [0.5, 0.6) is 0 Å². The Morgan fingerprint density at radius 1 is 1.10 bits per heavy atom. The molecule has 3 N–H and O–H groups in total. The monoisotopic (exact) mass is 381 g/mol. The number of hydrogen-bond acceptors (Lipinski definition) is 4. The molecule has 0 saturated heterocycles. The summed E-state index contributed by atoms with van der Waals surface area (Å²) in [6, 6.07) is 20.8. The summed E-state index contributed by atoms with van der Waals surface area (Å²) in [6.07, 6.45) is 4.30. The summed E-state index contributed by atoms with van der Waals surface area (Å²) in [7, 11) is 0. The first-order valence-corrected chi connectivity index (χ1v) is 9.30. The summed E-state index contributed by atoms with van der Waals surface area (Å²) in [5, 5.41) is 16.4. The number of anilines is 2. The number of carbonyl (C=O) groups is 1. The van der Waals surface area contributed by atoms with Crippen LogP contribution in [-0.2, 0) is 6.42 Å². The molecule has 1 amide bonds. The van der Waals surface area contributed by atoms with Crippen LogP contribution >= 0.6 is 0 Å². The van der Waals surface area contributed by atoms with Crippen molar-refractivity contribution in [3.63, 3.8) is 0 Å². The highest BCUT2D eigenvalue weighted by molar-refractivity contribution is 5.95. The Morgan fingerprint density at radius 3 is 2.83 bits per heavy atom. The average molecular weight is 381 g/mol. The highest BCUT2D eigenvalue weighted by atomic mass is 16.1. The molecule has 0 fully saturated rings. The molecule has 0 aliphatic carbocycles. The number of aromatic amines is 1. The van der Waals surface area contributed by atoms with Gasteiger partial charge in [0.2, 0.25) is 0 Å². The lowest BCUT2D eigenvalue weighted by Crippen LogP contribution is -2.25. The number of nitrogens with zero attached hydrogens (tertiary/aromatic N) is 2. The predicted octanol–water partition coefficient (Wildman–Crippen LogP) is 4.15. The van der Waals surface area contributed by atoms with Gasteiger partial charge >= 0.3 is 0 Å². The van der Waals surface area contributed by atoms with E-state index in [2.05, 4.69) is 32.7 Å². The van der Waals surface area contributed by atoms with Gasteiger partial charge in [-0.3, -0.25) is 4.79 Å². The SMILES string of the molecule is N#Cc1ccccc1Nc1cc(C(=O)NCCc2c[nH]c3ccccc23)ccn1. The Labute approximate surface area is 168 Å². The third kappa shape index (κ3) is 4.09. The zero-order chi connectivity index (χ0) is 20.1. The molecular weight excluding hydrogens is 362 g/mol. The molecule has 6 nitrogen and oxygen atoms in total. The summed E-state index contributed by atoms with van der Waals surface area (Å²) < 4.78 is 0. The van der Waals surface area contributed by atoms with E-state index >= 15 is 0 Å². The van der Waals surface area contributed by atoms with Gasteiger partial charge in [-0.15, -0.1) is 0 Å². The summed E-state index contributed by atoms with van der Waals surface area (Å²) in [4.78, 5) is 20.0. The van der Waals surface area contributed by atoms with Crippen molar-refractivity contribution in [3.05, 3.63) is 89.7 Å². The maximum atomic E-state index is 12.5. The molecule has 29 heavy (non-hydrogen) atoms. The topological polar surface area (TPSA) is 93.6 Å². The van der Waals surface area contributed by atoms with Gasteiger partial charge in [0.1, 0.15) is 11.9 Å². The highest BCUT2D eigenvalue weighted by Gasteiger charge is 2.09. The van der Waals surface area contributed by atoms with E-state index in [-0.39, 0.29) is 5.91 Å². The first kappa shape index (κ1) is 18.3. The van der Waals surface area contributed by atoms with Gasteiger partial charge in [-0.2, -0.15) is 5.26 Å². The zero-order valence-electron chi connectivity index (χ0n) is 15.6. The standard InChI is InChI=1S/C23H19N5O/c24-14-17-5-1-3-7-20(17)28-22-13-16(9-11-25-22)23(29)26-12-10-18-15-27-21-8-4-2-6-19(18)21/h1-9,11,13,15,27H,10,12H2,(H,25,28)(H,26,29). The van der Waals surface area contributed by atoms with Crippen LogP contribution in [0, 0.1) is 11.3 Å². The number of benzene rings is 2. The molecule has 4 rings (SSSR count). The fourth-order valence-electron chi connectivity index (χ4n) is 3.22. The average Bonchev–Trinajstić information content (AvgIpc) is 3.17. The van der Waals surface area contributed by atoms with E-state index in [0.29, 0.717) is 29.2 Å². The third-order valence-electron chi connectivity index (χ3n) is 4.69. The third-order valence-corrected chi connectivity index (χ3v) is 4.69. The van der Waals surface area contributed by atoms with E-state index in [1.165, 1.54) is 10.9 Å². The van der Waals surface area contributed by atoms with Crippen LogP contribution in [0.4, 0.5) is 11.5 Å². The van der Waals surface area contributed by atoms with Gasteiger partial charge < -0.3 is 15.6 Å². The molecule has 0 atom stereocenters. The molecule has 4 aromatic rings. The minimum atomic E-state index is -0.163. The second-order valence-corrected chi connectivity index (χ2v) is 6.58. The van der Waals surface area contributed by atoms with Gasteiger partial charge in [-0.1, -0.05) is 30.3 Å². The van der Waals surface area contributed by atoms with Crippen molar-refractivity contribution < 1.29 is 4.79 Å². The first-order valence-electron chi connectivity index (χ1n) is 9.30. The smallest absolute Gasteiger partial charge is 0.251 e. The Balaban J connectivity index is 1.40. The lowest BCUT2D eigenvalue weighted by molar-refractivity contribution is 0.0954. The van der Waals surface area contributed by atoms with Gasteiger partial charge in [0.25, 0.3) is 5.91 Å². The molecule has 0 aliphatic heterocycles. The Bertz CT molecular complexity index is 1210. The Hall–Kier alpha value is -4.11. The molecule has 0 saturated carbocycles. The first-order chi connectivity index (χ1) is 14.2. The quantitative estimate of drug-likeness (QED) is 0.468. The van der Waals surface area contributed by atoms with Gasteiger partial charge in [-0.05, 0) is 42.3 Å². The number of pyridine rings is 1. The van der Waals surface area contributed by atoms with Crippen LogP contribution < -0.4 is 10.6 Å². The molecule has 0 radical (unpaired) electrons. The van der Waals surface area contributed by atoms with E-state index < -0.39 is 0 Å². The summed E-state index contributed by atoms with van der Waals surface area (Å²) in [6.45, 7) is 0.531. The van der Waals surface area contributed by atoms with Crippen LogP contribution in [-0.4, -0.2) is 22.4 Å². The molecule has 0 bridgehead atoms. The van der Waals surface area contributed by atoms with Gasteiger partial charge in [0, 0.05) is 35.4 Å². The van der Waals surface area contributed by atoms with Gasteiger partial charge in [-0.25, -0.2) is 4.98 Å². The Morgan fingerprint density at radius 2 is 1.93 bits per heavy atom. The molecule has 2 heterocycles. The van der Waals surface area contributed by atoms with Crippen LogP contribution in [0.2, 0.25) is 0 Å². The minimum absolute atomic E-state index is 0.163. The number of amides is 1. The molecule has 0 aliphatic rings. The molecule has 0 unspecified atom stereocenters. The zero-order valence-corrected chi connectivity index (χ0v) is 15.6. The maximum absolute atomic E-state index is 12.5. The van der Waals surface area contributed by atoms with Crippen molar-refractivity contribution in [2.75, 3.05) is 11.9 Å². The number of rotatable bonds is 6. The molecule has 0 spiro atoms. The largest absolute Gasteiger partial charge is 0.361 e. The maximum Gasteiger partial charge on any atom is 0.251 e. The van der Waals surface area contributed by atoms with Crippen molar-refractivity contribution >= 4 is 28.3 Å². The number of nitrogens with one attached hydrogen (secondary N) is 3. The van der Waals surface area contributed by atoms with Gasteiger partial charge in [0.05, 0.1) is 11.3 Å². The number of para-hydroxylation sites is 2. The number of aromatic nitrogens is 2. The van der Waals surface area contributed by atoms with Crippen LogP contribution in [0.15, 0.2) is 73.1 Å². The fraction of sp³-hybridized carbons (Fsp3) is 0.0870.